The molecule has 0 bridgehead atoms. The van der Waals surface area contributed by atoms with Crippen LogP contribution < -0.4 is 11.5 Å². The minimum absolute atomic E-state index is 1.25. The molecule has 0 unspecified atom stereocenters. The SMILES string of the molecule is CCCN1CCCC1.N#CN.N#CN. The van der Waals surface area contributed by atoms with Gasteiger partial charge in [-0.15, -0.1) is 0 Å². The number of hydrogen-bond donors (Lipinski definition) is 2. The fraction of sp³-hybridized carbons (Fsp3) is 0.778. The highest BCUT2D eigenvalue weighted by atomic mass is 15.1. The summed E-state index contributed by atoms with van der Waals surface area (Å²) in [5.74, 6) is 0. The second kappa shape index (κ2) is 14.1. The molecule has 5 heteroatoms. The number of nitriles is 2. The van der Waals surface area contributed by atoms with Gasteiger partial charge in [0.2, 0.25) is 0 Å². The van der Waals surface area contributed by atoms with Gasteiger partial charge in [0.05, 0.1) is 0 Å². The van der Waals surface area contributed by atoms with Crippen molar-refractivity contribution in [2.24, 2.45) is 11.5 Å². The summed E-state index contributed by atoms with van der Waals surface area (Å²) in [4.78, 5) is 2.54. The molecule has 1 rings (SSSR count). The predicted octanol–water partition coefficient (Wildman–Crippen LogP) is 0.345. The zero-order chi connectivity index (χ0) is 11.2. The molecule has 0 aromatic heterocycles. The van der Waals surface area contributed by atoms with Crippen molar-refractivity contribution >= 4 is 0 Å². The summed E-state index contributed by atoms with van der Waals surface area (Å²) >= 11 is 0. The Labute approximate surface area is 85.9 Å². The van der Waals surface area contributed by atoms with Gasteiger partial charge in [-0.2, -0.15) is 10.5 Å². The van der Waals surface area contributed by atoms with Crippen LogP contribution in [0.5, 0.6) is 0 Å². The molecule has 0 spiro atoms. The van der Waals surface area contributed by atoms with Gasteiger partial charge >= 0.3 is 0 Å². The standard InChI is InChI=1S/C7H15N.2CH2N2/c1-2-5-8-6-3-4-7-8;2*2-1-3/h2-7H2,1H3;2*2H2. The Balaban J connectivity index is 0. The van der Waals surface area contributed by atoms with E-state index >= 15 is 0 Å². The van der Waals surface area contributed by atoms with Gasteiger partial charge in [0.25, 0.3) is 0 Å². The molecule has 0 radical (unpaired) electrons. The molecule has 0 atom stereocenters. The number of likely N-dealkylation sites (tertiary alicyclic amines) is 1. The first-order valence-corrected chi connectivity index (χ1v) is 4.68. The van der Waals surface area contributed by atoms with E-state index in [1.165, 1.54) is 51.3 Å². The summed E-state index contributed by atoms with van der Waals surface area (Å²) in [6, 6.07) is 0. The van der Waals surface area contributed by atoms with Crippen molar-refractivity contribution in [3.05, 3.63) is 0 Å². The molecule has 0 amide bonds. The molecule has 1 heterocycles. The quantitative estimate of drug-likeness (QED) is 0.491. The molecule has 5 nitrogen and oxygen atoms in total. The largest absolute Gasteiger partial charge is 0.337 e. The highest BCUT2D eigenvalue weighted by Crippen LogP contribution is 2.06. The fourth-order valence-electron chi connectivity index (χ4n) is 1.32. The second-order valence-electron chi connectivity index (χ2n) is 2.81. The van der Waals surface area contributed by atoms with E-state index in [1.807, 2.05) is 0 Å². The van der Waals surface area contributed by atoms with E-state index < -0.39 is 0 Å². The van der Waals surface area contributed by atoms with Gasteiger partial charge in [-0.25, -0.2) is 0 Å². The summed E-state index contributed by atoms with van der Waals surface area (Å²) in [6.45, 7) is 6.28. The molecule has 0 saturated carbocycles. The lowest BCUT2D eigenvalue weighted by Gasteiger charge is -2.11. The molecule has 0 aromatic carbocycles. The number of nitrogens with two attached hydrogens (primary N) is 2. The van der Waals surface area contributed by atoms with Crippen LogP contribution in [-0.4, -0.2) is 24.5 Å². The fourth-order valence-corrected chi connectivity index (χ4v) is 1.32. The van der Waals surface area contributed by atoms with E-state index in [4.69, 9.17) is 10.5 Å². The average molecular weight is 197 g/mol. The van der Waals surface area contributed by atoms with Crippen LogP contribution >= 0.6 is 0 Å². The third kappa shape index (κ3) is 13.2. The van der Waals surface area contributed by atoms with Gasteiger partial charge in [-0.05, 0) is 38.9 Å². The Hall–Kier alpha value is -1.46. The normalized spacial score (nSPS) is 13.6. The topological polar surface area (TPSA) is 103 Å². The predicted molar refractivity (Wildman–Crippen MR) is 55.6 cm³/mol. The van der Waals surface area contributed by atoms with Crippen LogP contribution in [0.2, 0.25) is 0 Å². The lowest BCUT2D eigenvalue weighted by atomic mass is 10.4. The van der Waals surface area contributed by atoms with Crippen molar-refractivity contribution in [3.8, 4) is 12.4 Å². The third-order valence-electron chi connectivity index (χ3n) is 1.74. The zero-order valence-electron chi connectivity index (χ0n) is 8.74. The van der Waals surface area contributed by atoms with Crippen LogP contribution in [0.25, 0.3) is 0 Å². The third-order valence-corrected chi connectivity index (χ3v) is 1.74. The monoisotopic (exact) mass is 197 g/mol. The van der Waals surface area contributed by atoms with E-state index in [2.05, 4.69) is 23.3 Å². The Morgan fingerprint density at radius 3 is 1.79 bits per heavy atom. The maximum Gasteiger partial charge on any atom is 0.173 e. The van der Waals surface area contributed by atoms with Crippen molar-refractivity contribution in [1.29, 1.82) is 10.5 Å². The van der Waals surface area contributed by atoms with Crippen LogP contribution in [0, 0.1) is 22.9 Å². The lowest BCUT2D eigenvalue weighted by molar-refractivity contribution is 0.339. The summed E-state index contributed by atoms with van der Waals surface area (Å²) in [6.07, 6.45) is 6.68. The number of rotatable bonds is 2. The number of hydrogen-bond acceptors (Lipinski definition) is 5. The average Bonchev–Trinajstić information content (AvgIpc) is 2.60. The molecule has 4 N–H and O–H groups in total. The van der Waals surface area contributed by atoms with E-state index in [0.29, 0.717) is 0 Å². The first-order chi connectivity index (χ1) is 6.76. The van der Waals surface area contributed by atoms with Crippen LogP contribution in [0.3, 0.4) is 0 Å². The molecular formula is C9H19N5. The molecule has 1 aliphatic heterocycles. The maximum absolute atomic E-state index is 7.10. The minimum Gasteiger partial charge on any atom is -0.337 e. The van der Waals surface area contributed by atoms with Crippen LogP contribution in [0.15, 0.2) is 0 Å². The summed E-state index contributed by atoms with van der Waals surface area (Å²) < 4.78 is 0. The minimum atomic E-state index is 1.25. The Kier molecular flexibility index (Phi) is 15.1. The Morgan fingerprint density at radius 2 is 1.50 bits per heavy atom. The molecular weight excluding hydrogens is 178 g/mol. The highest BCUT2D eigenvalue weighted by molar-refractivity contribution is 4.64. The number of nitrogens with zero attached hydrogens (tertiary/aromatic N) is 3. The second-order valence-corrected chi connectivity index (χ2v) is 2.81. The van der Waals surface area contributed by atoms with Crippen molar-refractivity contribution in [3.63, 3.8) is 0 Å². The molecule has 1 saturated heterocycles. The lowest BCUT2D eigenvalue weighted by Crippen LogP contribution is -2.19. The first-order valence-electron chi connectivity index (χ1n) is 4.68. The van der Waals surface area contributed by atoms with Gasteiger partial charge in [-0.1, -0.05) is 6.92 Å². The molecule has 0 aromatic rings. The zero-order valence-corrected chi connectivity index (χ0v) is 8.74. The van der Waals surface area contributed by atoms with Gasteiger partial charge in [0.15, 0.2) is 12.4 Å². The van der Waals surface area contributed by atoms with Gasteiger partial charge in [-0.3, -0.25) is 0 Å². The van der Waals surface area contributed by atoms with Crippen LogP contribution in [0.1, 0.15) is 26.2 Å². The summed E-state index contributed by atoms with van der Waals surface area (Å²) in [5.41, 5.74) is 8.31. The van der Waals surface area contributed by atoms with E-state index in [0.717, 1.165) is 0 Å². The molecule has 1 fully saturated rings. The Morgan fingerprint density at radius 1 is 1.14 bits per heavy atom. The molecule has 14 heavy (non-hydrogen) atoms. The molecule has 0 aliphatic carbocycles. The first kappa shape index (κ1) is 15.0. The summed E-state index contributed by atoms with van der Waals surface area (Å²) in [5, 5.41) is 14.2. The van der Waals surface area contributed by atoms with Gasteiger partial charge in [0.1, 0.15) is 0 Å². The van der Waals surface area contributed by atoms with Crippen LogP contribution in [0.4, 0.5) is 0 Å². The van der Waals surface area contributed by atoms with E-state index in [9.17, 15) is 0 Å². The van der Waals surface area contributed by atoms with Gasteiger partial charge in [0, 0.05) is 0 Å². The van der Waals surface area contributed by atoms with Crippen molar-refractivity contribution in [2.45, 2.75) is 26.2 Å². The smallest absolute Gasteiger partial charge is 0.173 e. The highest BCUT2D eigenvalue weighted by Gasteiger charge is 2.08. The molecule has 1 aliphatic rings. The van der Waals surface area contributed by atoms with E-state index in [1.54, 1.807) is 0 Å². The van der Waals surface area contributed by atoms with Crippen molar-refractivity contribution in [2.75, 3.05) is 19.6 Å². The van der Waals surface area contributed by atoms with E-state index in [-0.39, 0.29) is 0 Å². The summed E-state index contributed by atoms with van der Waals surface area (Å²) in [7, 11) is 0. The van der Waals surface area contributed by atoms with Gasteiger partial charge < -0.3 is 16.4 Å². The molecule has 80 valence electrons. The van der Waals surface area contributed by atoms with Crippen molar-refractivity contribution in [1.82, 2.24) is 4.90 Å². The Bertz CT molecular complexity index is 161. The van der Waals surface area contributed by atoms with Crippen molar-refractivity contribution < 1.29 is 0 Å². The maximum atomic E-state index is 7.10. The van der Waals surface area contributed by atoms with Crippen LogP contribution in [-0.2, 0) is 0 Å².